The second-order valence-electron chi connectivity index (χ2n) is 5.07. The van der Waals surface area contributed by atoms with Crippen LogP contribution in [0, 0.1) is 5.92 Å². The van der Waals surface area contributed by atoms with Crippen LogP contribution in [0.25, 0.3) is 0 Å². The summed E-state index contributed by atoms with van der Waals surface area (Å²) < 4.78 is 0.817. The van der Waals surface area contributed by atoms with Gasteiger partial charge in [0.1, 0.15) is 0 Å². The molecule has 1 aromatic heterocycles. The van der Waals surface area contributed by atoms with E-state index < -0.39 is 0 Å². The first-order valence-electron chi connectivity index (χ1n) is 6.43. The number of nitrogens with zero attached hydrogens (tertiary/aromatic N) is 2. The van der Waals surface area contributed by atoms with Gasteiger partial charge in [-0.1, -0.05) is 36.9 Å². The third-order valence-electron chi connectivity index (χ3n) is 2.15. The second-order valence-corrected chi connectivity index (χ2v) is 7.64. The predicted octanol–water partition coefficient (Wildman–Crippen LogP) is 2.61. The molecular formula is C12H22N4OS2. The molecule has 0 bridgehead atoms. The Morgan fingerprint density at radius 3 is 2.53 bits per heavy atom. The highest BCUT2D eigenvalue weighted by molar-refractivity contribution is 8.02. The quantitative estimate of drug-likeness (QED) is 0.758. The Kier molecular flexibility index (Phi) is 6.57. The zero-order valence-electron chi connectivity index (χ0n) is 12.1. The van der Waals surface area contributed by atoms with Crippen LogP contribution in [0.4, 0.5) is 5.13 Å². The molecule has 1 amide bonds. The fraction of sp³-hybridized carbons (Fsp3) is 0.750. The second kappa shape index (κ2) is 7.69. The molecule has 2 N–H and O–H groups in total. The van der Waals surface area contributed by atoms with E-state index in [1.54, 1.807) is 0 Å². The predicted molar refractivity (Wildman–Crippen MR) is 81.8 cm³/mol. The normalized spacial score (nSPS) is 12.8. The molecule has 1 heterocycles. The highest BCUT2D eigenvalue weighted by Crippen LogP contribution is 2.28. The molecule has 0 aromatic carbocycles. The Morgan fingerprint density at radius 2 is 1.95 bits per heavy atom. The van der Waals surface area contributed by atoms with Gasteiger partial charge in [-0.3, -0.25) is 4.79 Å². The van der Waals surface area contributed by atoms with Gasteiger partial charge in [-0.2, -0.15) is 0 Å². The van der Waals surface area contributed by atoms with E-state index in [0.717, 1.165) is 16.0 Å². The first-order valence-corrected chi connectivity index (χ1v) is 8.12. The van der Waals surface area contributed by atoms with Crippen molar-refractivity contribution in [3.8, 4) is 0 Å². The molecule has 1 atom stereocenters. The maximum atomic E-state index is 11.8. The molecule has 1 aromatic rings. The summed E-state index contributed by atoms with van der Waals surface area (Å²) in [5.41, 5.74) is 0. The number of aromatic nitrogens is 2. The van der Waals surface area contributed by atoms with Gasteiger partial charge in [0, 0.05) is 12.6 Å². The Morgan fingerprint density at radius 1 is 1.26 bits per heavy atom. The molecular weight excluding hydrogens is 280 g/mol. The Bertz CT molecular complexity index is 406. The minimum Gasteiger partial charge on any atom is -0.360 e. The summed E-state index contributed by atoms with van der Waals surface area (Å²) in [6.07, 6.45) is 0. The average molecular weight is 302 g/mol. The van der Waals surface area contributed by atoms with E-state index in [0.29, 0.717) is 5.92 Å². The Hall–Kier alpha value is -0.820. The summed E-state index contributed by atoms with van der Waals surface area (Å²) in [7, 11) is 0. The van der Waals surface area contributed by atoms with E-state index in [-0.39, 0.29) is 17.2 Å². The van der Waals surface area contributed by atoms with E-state index in [9.17, 15) is 4.79 Å². The van der Waals surface area contributed by atoms with Gasteiger partial charge in [-0.15, -0.1) is 10.2 Å². The van der Waals surface area contributed by atoms with Crippen molar-refractivity contribution in [3.05, 3.63) is 0 Å². The highest BCUT2D eigenvalue weighted by atomic mass is 32.2. The maximum Gasteiger partial charge on any atom is 0.233 e. The smallest absolute Gasteiger partial charge is 0.233 e. The van der Waals surface area contributed by atoms with Crippen molar-refractivity contribution in [2.24, 2.45) is 5.92 Å². The zero-order valence-corrected chi connectivity index (χ0v) is 13.7. The number of hydrogen-bond acceptors (Lipinski definition) is 6. The summed E-state index contributed by atoms with van der Waals surface area (Å²) in [5, 5.41) is 14.9. The number of anilines is 1. The molecule has 7 heteroatoms. The molecule has 0 fully saturated rings. The van der Waals surface area contributed by atoms with E-state index in [2.05, 4.69) is 34.7 Å². The van der Waals surface area contributed by atoms with Gasteiger partial charge in [-0.05, 0) is 26.7 Å². The van der Waals surface area contributed by atoms with Crippen molar-refractivity contribution >= 4 is 34.1 Å². The van der Waals surface area contributed by atoms with E-state index >= 15 is 0 Å². The maximum absolute atomic E-state index is 11.8. The summed E-state index contributed by atoms with van der Waals surface area (Å²) >= 11 is 2.93. The highest BCUT2D eigenvalue weighted by Gasteiger charge is 2.17. The van der Waals surface area contributed by atoms with Crippen LogP contribution in [0.5, 0.6) is 0 Å². The van der Waals surface area contributed by atoms with Gasteiger partial charge in [-0.25, -0.2) is 0 Å². The number of amides is 1. The van der Waals surface area contributed by atoms with E-state index in [4.69, 9.17) is 0 Å². The van der Waals surface area contributed by atoms with Crippen molar-refractivity contribution < 1.29 is 4.79 Å². The summed E-state index contributed by atoms with van der Waals surface area (Å²) in [4.78, 5) is 11.8. The zero-order chi connectivity index (χ0) is 14.4. The van der Waals surface area contributed by atoms with E-state index in [1.165, 1.54) is 23.1 Å². The fourth-order valence-corrected chi connectivity index (χ4v) is 3.14. The summed E-state index contributed by atoms with van der Waals surface area (Å²) in [6, 6.07) is 0.160. The number of nitrogens with one attached hydrogen (secondary N) is 2. The number of carbonyl (C=O) groups excluding carboxylic acids is 1. The third kappa shape index (κ3) is 6.24. The number of rotatable bonds is 7. The lowest BCUT2D eigenvalue weighted by molar-refractivity contribution is -0.120. The molecule has 0 aliphatic heterocycles. The van der Waals surface area contributed by atoms with Gasteiger partial charge in [0.15, 0.2) is 4.34 Å². The molecule has 0 saturated heterocycles. The summed E-state index contributed by atoms with van der Waals surface area (Å²) in [6.45, 7) is 10.9. The molecule has 5 nitrogen and oxygen atoms in total. The molecule has 0 saturated carbocycles. The molecule has 108 valence electrons. The van der Waals surface area contributed by atoms with Gasteiger partial charge in [0.25, 0.3) is 0 Å². The molecule has 0 radical (unpaired) electrons. The monoisotopic (exact) mass is 302 g/mol. The van der Waals surface area contributed by atoms with Crippen LogP contribution >= 0.6 is 23.1 Å². The average Bonchev–Trinajstić information content (AvgIpc) is 2.73. The molecule has 0 aliphatic carbocycles. The number of carbonyl (C=O) groups is 1. The van der Waals surface area contributed by atoms with Crippen molar-refractivity contribution in [1.82, 2.24) is 15.5 Å². The van der Waals surface area contributed by atoms with Crippen molar-refractivity contribution in [2.75, 3.05) is 11.9 Å². The van der Waals surface area contributed by atoms with Crippen molar-refractivity contribution in [2.45, 2.75) is 50.3 Å². The molecule has 1 rings (SSSR count). The lowest BCUT2D eigenvalue weighted by Gasteiger charge is -2.12. The summed E-state index contributed by atoms with van der Waals surface area (Å²) in [5.74, 6) is 0.600. The van der Waals surface area contributed by atoms with Crippen molar-refractivity contribution in [3.63, 3.8) is 0 Å². The SMILES string of the molecule is CC(C)CNc1nnc(S[C@H](C)C(=O)NC(C)C)s1. The van der Waals surface area contributed by atoms with Crippen molar-refractivity contribution in [1.29, 1.82) is 0 Å². The van der Waals surface area contributed by atoms with E-state index in [1.807, 2.05) is 20.8 Å². The lowest BCUT2D eigenvalue weighted by Crippen LogP contribution is -2.35. The van der Waals surface area contributed by atoms with Crippen LogP contribution < -0.4 is 10.6 Å². The minimum absolute atomic E-state index is 0.0342. The van der Waals surface area contributed by atoms with Gasteiger partial charge in [0.2, 0.25) is 11.0 Å². The number of hydrogen-bond donors (Lipinski definition) is 2. The lowest BCUT2D eigenvalue weighted by atomic mass is 10.2. The standard InChI is InChI=1S/C12H22N4OS2/c1-7(2)6-13-11-15-16-12(19-11)18-9(5)10(17)14-8(3)4/h7-9H,6H2,1-5H3,(H,13,15)(H,14,17)/t9-/m1/s1. The van der Waals surface area contributed by atoms with Gasteiger partial charge in [0.05, 0.1) is 5.25 Å². The fourth-order valence-electron chi connectivity index (χ4n) is 1.23. The molecule has 0 spiro atoms. The number of thioether (sulfide) groups is 1. The van der Waals surface area contributed by atoms with Crippen LogP contribution in [0.1, 0.15) is 34.6 Å². The Labute approximate surface area is 123 Å². The minimum atomic E-state index is -0.159. The first kappa shape index (κ1) is 16.2. The van der Waals surface area contributed by atoms with Crippen LogP contribution in [0.3, 0.4) is 0 Å². The largest absolute Gasteiger partial charge is 0.360 e. The molecule has 0 aliphatic rings. The molecule has 19 heavy (non-hydrogen) atoms. The van der Waals surface area contributed by atoms with Crippen LogP contribution in [0.15, 0.2) is 4.34 Å². The van der Waals surface area contributed by atoms with Gasteiger partial charge < -0.3 is 10.6 Å². The third-order valence-corrected chi connectivity index (χ3v) is 4.21. The first-order chi connectivity index (χ1) is 8.88. The molecule has 0 unspecified atom stereocenters. The Balaban J connectivity index is 2.46. The van der Waals surface area contributed by atoms with Crippen LogP contribution in [0.2, 0.25) is 0 Å². The topological polar surface area (TPSA) is 66.9 Å². The van der Waals surface area contributed by atoms with Crippen LogP contribution in [-0.2, 0) is 4.79 Å². The van der Waals surface area contributed by atoms with Gasteiger partial charge >= 0.3 is 0 Å². The van der Waals surface area contributed by atoms with Crippen LogP contribution in [-0.4, -0.2) is 33.9 Å².